The SMILES string of the molecule is Cn1c(=NC(=O)c2ccc(N3CCCS3(=O)=O)cc2)sc2ccccc21. The number of rotatable bonds is 2. The van der Waals surface area contributed by atoms with Gasteiger partial charge in [-0.2, -0.15) is 4.99 Å². The molecule has 0 saturated carbocycles. The molecule has 26 heavy (non-hydrogen) atoms. The van der Waals surface area contributed by atoms with Crippen molar-refractivity contribution in [1.29, 1.82) is 0 Å². The maximum absolute atomic E-state index is 12.5. The molecule has 0 N–H and O–H groups in total. The van der Waals surface area contributed by atoms with E-state index in [4.69, 9.17) is 0 Å². The van der Waals surface area contributed by atoms with E-state index in [2.05, 4.69) is 4.99 Å². The predicted octanol–water partition coefficient (Wildman–Crippen LogP) is 2.52. The van der Waals surface area contributed by atoms with Gasteiger partial charge in [-0.05, 0) is 42.8 Å². The van der Waals surface area contributed by atoms with Crippen molar-refractivity contribution in [3.8, 4) is 0 Å². The molecule has 6 nitrogen and oxygen atoms in total. The third kappa shape index (κ3) is 2.95. The zero-order valence-corrected chi connectivity index (χ0v) is 15.8. The van der Waals surface area contributed by atoms with Crippen LogP contribution in [0, 0.1) is 0 Å². The summed E-state index contributed by atoms with van der Waals surface area (Å²) in [6, 6.07) is 14.5. The molecule has 0 radical (unpaired) electrons. The molecular formula is C18H17N3O3S2. The number of sulfonamides is 1. The Hall–Kier alpha value is -2.45. The van der Waals surface area contributed by atoms with E-state index in [1.807, 2.05) is 35.9 Å². The summed E-state index contributed by atoms with van der Waals surface area (Å²) < 4.78 is 28.3. The number of nitrogens with zero attached hydrogens (tertiary/aromatic N) is 3. The third-order valence-electron chi connectivity index (χ3n) is 4.41. The van der Waals surface area contributed by atoms with Gasteiger partial charge >= 0.3 is 0 Å². The standard InChI is InChI=1S/C18H17N3O3S2/c1-20-15-5-2-3-6-16(15)25-18(20)19-17(22)13-7-9-14(10-8-13)21-11-4-12-26(21,23)24/h2-3,5-10H,4,11-12H2,1H3. The molecule has 0 spiro atoms. The molecule has 1 amide bonds. The predicted molar refractivity (Wildman–Crippen MR) is 103 cm³/mol. The molecule has 3 aromatic rings. The maximum atomic E-state index is 12.5. The van der Waals surface area contributed by atoms with Crippen LogP contribution in [-0.2, 0) is 17.1 Å². The van der Waals surface area contributed by atoms with Crippen LogP contribution < -0.4 is 9.11 Å². The second-order valence-electron chi connectivity index (χ2n) is 6.12. The van der Waals surface area contributed by atoms with Crippen molar-refractivity contribution in [3.63, 3.8) is 0 Å². The van der Waals surface area contributed by atoms with Crippen LogP contribution >= 0.6 is 11.3 Å². The summed E-state index contributed by atoms with van der Waals surface area (Å²) in [5.74, 6) is -0.172. The smallest absolute Gasteiger partial charge is 0.279 e. The number of amides is 1. The number of para-hydroxylation sites is 1. The molecular weight excluding hydrogens is 370 g/mol. The number of carbonyl (C=O) groups excluding carboxylic acids is 1. The molecule has 0 aliphatic carbocycles. The zero-order chi connectivity index (χ0) is 18.3. The number of anilines is 1. The number of thiazole rings is 1. The van der Waals surface area contributed by atoms with E-state index in [0.717, 1.165) is 10.2 Å². The summed E-state index contributed by atoms with van der Waals surface area (Å²) in [7, 11) is -1.34. The lowest BCUT2D eigenvalue weighted by molar-refractivity contribution is 0.0998. The minimum atomic E-state index is -3.22. The Kier molecular flexibility index (Phi) is 4.16. The molecule has 1 saturated heterocycles. The summed E-state index contributed by atoms with van der Waals surface area (Å²) in [6.45, 7) is 0.484. The van der Waals surface area contributed by atoms with E-state index < -0.39 is 10.0 Å². The lowest BCUT2D eigenvalue weighted by Crippen LogP contribution is -2.25. The molecule has 0 bridgehead atoms. The normalized spacial score (nSPS) is 17.1. The van der Waals surface area contributed by atoms with Crippen LogP contribution in [0.2, 0.25) is 0 Å². The van der Waals surface area contributed by atoms with Crippen molar-refractivity contribution in [2.45, 2.75) is 6.42 Å². The number of hydrogen-bond acceptors (Lipinski definition) is 4. The highest BCUT2D eigenvalue weighted by molar-refractivity contribution is 7.93. The van der Waals surface area contributed by atoms with Crippen LogP contribution in [0.5, 0.6) is 0 Å². The lowest BCUT2D eigenvalue weighted by atomic mass is 10.2. The van der Waals surface area contributed by atoms with Crippen molar-refractivity contribution >= 4 is 43.2 Å². The fourth-order valence-electron chi connectivity index (χ4n) is 3.04. The Bertz CT molecular complexity index is 1160. The topological polar surface area (TPSA) is 71.7 Å². The van der Waals surface area contributed by atoms with E-state index in [0.29, 0.717) is 29.0 Å². The molecule has 4 rings (SSSR count). The molecule has 2 heterocycles. The van der Waals surface area contributed by atoms with Gasteiger partial charge < -0.3 is 4.57 Å². The molecule has 1 aliphatic heterocycles. The first kappa shape index (κ1) is 17.0. The molecule has 8 heteroatoms. The van der Waals surface area contributed by atoms with E-state index in [1.54, 1.807) is 24.3 Å². The Labute approximate surface area is 155 Å². The number of benzene rings is 2. The molecule has 2 aromatic carbocycles. The Balaban J connectivity index is 1.65. The fraction of sp³-hybridized carbons (Fsp3) is 0.222. The van der Waals surface area contributed by atoms with Gasteiger partial charge in [-0.25, -0.2) is 8.42 Å². The van der Waals surface area contributed by atoms with Crippen LogP contribution in [0.3, 0.4) is 0 Å². The van der Waals surface area contributed by atoms with Crippen molar-refractivity contribution in [2.24, 2.45) is 12.0 Å². The number of fused-ring (bicyclic) bond motifs is 1. The average Bonchev–Trinajstić information content (AvgIpc) is 3.15. The van der Waals surface area contributed by atoms with Gasteiger partial charge in [0.2, 0.25) is 10.0 Å². The largest absolute Gasteiger partial charge is 0.319 e. The number of aromatic nitrogens is 1. The monoisotopic (exact) mass is 387 g/mol. The third-order valence-corrected chi connectivity index (χ3v) is 7.40. The van der Waals surface area contributed by atoms with E-state index in [9.17, 15) is 13.2 Å². The Morgan fingerprint density at radius 1 is 1.12 bits per heavy atom. The average molecular weight is 387 g/mol. The maximum Gasteiger partial charge on any atom is 0.279 e. The van der Waals surface area contributed by atoms with Gasteiger partial charge in [-0.3, -0.25) is 9.10 Å². The highest BCUT2D eigenvalue weighted by Gasteiger charge is 2.28. The summed E-state index contributed by atoms with van der Waals surface area (Å²) in [5, 5.41) is 0. The van der Waals surface area contributed by atoms with E-state index in [1.165, 1.54) is 15.6 Å². The highest BCUT2D eigenvalue weighted by Crippen LogP contribution is 2.24. The van der Waals surface area contributed by atoms with E-state index in [-0.39, 0.29) is 11.7 Å². The summed E-state index contributed by atoms with van der Waals surface area (Å²) in [5.41, 5.74) is 2.05. The number of aryl methyl sites for hydroxylation is 1. The lowest BCUT2D eigenvalue weighted by Gasteiger charge is -2.16. The van der Waals surface area contributed by atoms with Crippen LogP contribution in [-0.4, -0.2) is 31.2 Å². The van der Waals surface area contributed by atoms with E-state index >= 15 is 0 Å². The Morgan fingerprint density at radius 2 is 1.85 bits per heavy atom. The molecule has 1 fully saturated rings. The van der Waals surface area contributed by atoms with Gasteiger partial charge in [0.1, 0.15) is 0 Å². The van der Waals surface area contributed by atoms with Crippen molar-refractivity contribution in [2.75, 3.05) is 16.6 Å². The van der Waals surface area contributed by atoms with Gasteiger partial charge in [-0.1, -0.05) is 23.5 Å². The van der Waals surface area contributed by atoms with Crippen LogP contribution in [0.25, 0.3) is 10.2 Å². The van der Waals surface area contributed by atoms with Crippen LogP contribution in [0.1, 0.15) is 16.8 Å². The quantitative estimate of drug-likeness (QED) is 0.678. The van der Waals surface area contributed by atoms with Crippen molar-refractivity contribution in [3.05, 3.63) is 58.9 Å². The Morgan fingerprint density at radius 3 is 2.50 bits per heavy atom. The molecule has 0 unspecified atom stereocenters. The first-order chi connectivity index (χ1) is 12.5. The molecule has 1 aromatic heterocycles. The highest BCUT2D eigenvalue weighted by atomic mass is 32.2. The van der Waals surface area contributed by atoms with Crippen molar-refractivity contribution in [1.82, 2.24) is 4.57 Å². The van der Waals surface area contributed by atoms with Gasteiger partial charge in [0.15, 0.2) is 4.80 Å². The molecule has 1 aliphatic rings. The van der Waals surface area contributed by atoms with Crippen LogP contribution in [0.15, 0.2) is 53.5 Å². The van der Waals surface area contributed by atoms with Crippen LogP contribution in [0.4, 0.5) is 5.69 Å². The number of hydrogen-bond donors (Lipinski definition) is 0. The second-order valence-corrected chi connectivity index (χ2v) is 9.14. The number of carbonyl (C=O) groups is 1. The minimum absolute atomic E-state index is 0.172. The summed E-state index contributed by atoms with van der Waals surface area (Å²) in [6.07, 6.45) is 0.626. The van der Waals surface area contributed by atoms with Gasteiger partial charge in [0, 0.05) is 19.2 Å². The first-order valence-corrected chi connectivity index (χ1v) is 10.6. The van der Waals surface area contributed by atoms with Gasteiger partial charge in [0.25, 0.3) is 5.91 Å². The fourth-order valence-corrected chi connectivity index (χ4v) is 5.62. The zero-order valence-electron chi connectivity index (χ0n) is 14.1. The molecule has 0 atom stereocenters. The molecule has 134 valence electrons. The second kappa shape index (κ2) is 6.37. The van der Waals surface area contributed by atoms with Gasteiger partial charge in [-0.15, -0.1) is 0 Å². The minimum Gasteiger partial charge on any atom is -0.319 e. The summed E-state index contributed by atoms with van der Waals surface area (Å²) in [4.78, 5) is 17.4. The first-order valence-electron chi connectivity index (χ1n) is 8.20. The van der Waals surface area contributed by atoms with Gasteiger partial charge in [0.05, 0.1) is 21.7 Å². The van der Waals surface area contributed by atoms with Crippen molar-refractivity contribution < 1.29 is 13.2 Å². The summed E-state index contributed by atoms with van der Waals surface area (Å²) >= 11 is 1.46.